The second kappa shape index (κ2) is 8.20. The number of aliphatic carboxylic acids is 1. The molecular formula is C14H23N5O5. The zero-order valence-electron chi connectivity index (χ0n) is 13.2. The van der Waals surface area contributed by atoms with E-state index in [9.17, 15) is 15.0 Å². The van der Waals surface area contributed by atoms with Gasteiger partial charge >= 0.3 is 5.97 Å². The molecule has 10 heteroatoms. The van der Waals surface area contributed by atoms with Crippen LogP contribution in [0.4, 0.5) is 5.82 Å². The molecule has 2 heterocycles. The summed E-state index contributed by atoms with van der Waals surface area (Å²) in [7, 11) is 0. The third-order valence-corrected chi connectivity index (χ3v) is 3.76. The maximum atomic E-state index is 10.6. The van der Waals surface area contributed by atoms with E-state index >= 15 is 0 Å². The molecule has 0 radical (unpaired) electrons. The van der Waals surface area contributed by atoms with E-state index in [1.165, 1.54) is 4.57 Å². The van der Waals surface area contributed by atoms with Crippen LogP contribution in [-0.2, 0) is 9.53 Å². The predicted molar refractivity (Wildman–Crippen MR) is 83.5 cm³/mol. The van der Waals surface area contributed by atoms with Crippen LogP contribution >= 0.6 is 0 Å². The van der Waals surface area contributed by atoms with Crippen LogP contribution in [0.25, 0.3) is 0 Å². The molecule has 24 heavy (non-hydrogen) atoms. The Bertz CT molecular complexity index is 634. The number of anilines is 1. The van der Waals surface area contributed by atoms with Crippen LogP contribution in [0, 0.1) is 0 Å². The Morgan fingerprint density at radius 3 is 2.88 bits per heavy atom. The molecule has 1 aromatic rings. The van der Waals surface area contributed by atoms with Gasteiger partial charge in [-0.2, -0.15) is 4.98 Å². The summed E-state index contributed by atoms with van der Waals surface area (Å²) in [5, 5.41) is 28.3. The average Bonchev–Trinajstić information content (AvgIpc) is 2.86. The topological polar surface area (TPSA) is 169 Å². The number of hydrogen-bond acceptors (Lipinski definition) is 8. The maximum Gasteiger partial charge on any atom is 0.320 e. The molecule has 1 aliphatic rings. The molecule has 0 aromatic carbocycles. The van der Waals surface area contributed by atoms with Crippen molar-refractivity contribution in [3.05, 3.63) is 17.9 Å². The summed E-state index contributed by atoms with van der Waals surface area (Å²) in [4.78, 5) is 19.1. The van der Waals surface area contributed by atoms with E-state index in [0.29, 0.717) is 25.8 Å². The van der Waals surface area contributed by atoms with E-state index in [0.717, 1.165) is 0 Å². The molecule has 0 bridgehead atoms. The number of unbranched alkanes of at least 4 members (excludes halogenated alkanes) is 1. The smallest absolute Gasteiger partial charge is 0.320 e. The number of aliphatic hydroxyl groups is 2. The lowest BCUT2D eigenvalue weighted by Gasteiger charge is -2.18. The van der Waals surface area contributed by atoms with Gasteiger partial charge in [0.25, 0.3) is 0 Å². The van der Waals surface area contributed by atoms with Crippen molar-refractivity contribution in [3.8, 4) is 0 Å². The van der Waals surface area contributed by atoms with Gasteiger partial charge in [0.1, 0.15) is 24.1 Å². The molecular weight excluding hydrogens is 318 g/mol. The number of aliphatic hydroxyl groups excluding tert-OH is 2. The average molecular weight is 341 g/mol. The van der Waals surface area contributed by atoms with E-state index in [1.54, 1.807) is 12.3 Å². The van der Waals surface area contributed by atoms with Gasteiger partial charge in [-0.3, -0.25) is 14.4 Å². The number of carboxylic acids is 1. The lowest BCUT2D eigenvalue weighted by molar-refractivity contribution is -0.138. The van der Waals surface area contributed by atoms with Gasteiger partial charge in [0, 0.05) is 12.7 Å². The van der Waals surface area contributed by atoms with Gasteiger partial charge in [0.2, 0.25) is 5.62 Å². The number of carbonyl (C=O) groups is 1. The van der Waals surface area contributed by atoms with E-state index in [4.69, 9.17) is 21.3 Å². The van der Waals surface area contributed by atoms with E-state index in [1.807, 2.05) is 0 Å². The van der Waals surface area contributed by atoms with Crippen LogP contribution < -0.4 is 17.1 Å². The van der Waals surface area contributed by atoms with Crippen LogP contribution in [0.1, 0.15) is 25.5 Å². The Balaban J connectivity index is 2.03. The Labute approximate surface area is 138 Å². The fraction of sp³-hybridized carbons (Fsp3) is 0.643. The minimum atomic E-state index is -1.08. The second-order valence-corrected chi connectivity index (χ2v) is 5.66. The zero-order chi connectivity index (χ0) is 17.7. The molecule has 134 valence electrons. The first-order valence-electron chi connectivity index (χ1n) is 7.71. The van der Waals surface area contributed by atoms with Crippen LogP contribution in [0.5, 0.6) is 0 Å². The van der Waals surface area contributed by atoms with Crippen molar-refractivity contribution in [2.45, 2.75) is 43.7 Å². The summed E-state index contributed by atoms with van der Waals surface area (Å²) in [5.74, 6) is -0.751. The Morgan fingerprint density at radius 1 is 1.50 bits per heavy atom. The molecule has 0 aliphatic carbocycles. The number of hydrogen-bond donors (Lipinski definition) is 5. The van der Waals surface area contributed by atoms with Crippen LogP contribution in [0.15, 0.2) is 17.3 Å². The Kier molecular flexibility index (Phi) is 6.26. The van der Waals surface area contributed by atoms with Gasteiger partial charge < -0.3 is 31.5 Å². The molecule has 1 aromatic heterocycles. The SMILES string of the molecule is Nc1ccn(C2OC[C@@H](O)[C@H]2O)c(=NCCCCC(N)C(=O)O)n1. The van der Waals surface area contributed by atoms with Gasteiger partial charge in [0.15, 0.2) is 6.23 Å². The molecule has 2 rings (SSSR count). The standard InChI is InChI=1S/C14H23N5O5/c15-8(13(22)23)3-1-2-5-17-14-18-10(16)4-6-19(14)12-11(21)9(20)7-24-12/h4,6,8-9,11-12,20-21H,1-3,5,7,15H2,(H,22,23)(H2,16,17,18)/t8?,9-,11-,12?/m1/s1. The third kappa shape index (κ3) is 4.51. The molecule has 0 amide bonds. The lowest BCUT2D eigenvalue weighted by atomic mass is 10.1. The summed E-state index contributed by atoms with van der Waals surface area (Å²) in [6.45, 7) is 0.421. The maximum absolute atomic E-state index is 10.6. The van der Waals surface area contributed by atoms with Crippen molar-refractivity contribution in [2.24, 2.45) is 10.7 Å². The fourth-order valence-corrected chi connectivity index (χ4v) is 2.36. The van der Waals surface area contributed by atoms with Crippen molar-refractivity contribution in [1.29, 1.82) is 0 Å². The number of nitrogens with two attached hydrogens (primary N) is 2. The summed E-state index contributed by atoms with van der Waals surface area (Å²) in [6, 6.07) is 0.676. The van der Waals surface area contributed by atoms with Gasteiger partial charge in [-0.15, -0.1) is 0 Å². The van der Waals surface area contributed by atoms with Crippen molar-refractivity contribution in [2.75, 3.05) is 18.9 Å². The second-order valence-electron chi connectivity index (χ2n) is 5.66. The summed E-state index contributed by atoms with van der Waals surface area (Å²) in [5.41, 5.74) is 11.4. The first-order chi connectivity index (χ1) is 11.4. The molecule has 0 saturated carbocycles. The number of rotatable bonds is 7. The van der Waals surface area contributed by atoms with Gasteiger partial charge in [-0.05, 0) is 25.3 Å². The van der Waals surface area contributed by atoms with Crippen molar-refractivity contribution < 1.29 is 24.9 Å². The lowest BCUT2D eigenvalue weighted by Crippen LogP contribution is -2.35. The van der Waals surface area contributed by atoms with Crippen LogP contribution in [-0.4, -0.2) is 62.2 Å². The Hall–Kier alpha value is -2.01. The Morgan fingerprint density at radius 2 is 2.25 bits per heavy atom. The molecule has 1 fully saturated rings. The summed E-state index contributed by atoms with van der Waals surface area (Å²) >= 11 is 0. The molecule has 1 saturated heterocycles. The zero-order valence-corrected chi connectivity index (χ0v) is 13.2. The number of ether oxygens (including phenoxy) is 1. The molecule has 1 aliphatic heterocycles. The van der Waals surface area contributed by atoms with Gasteiger partial charge in [-0.1, -0.05) is 0 Å². The van der Waals surface area contributed by atoms with E-state index < -0.39 is 30.4 Å². The highest BCUT2D eigenvalue weighted by molar-refractivity contribution is 5.72. The minimum absolute atomic E-state index is 0.0235. The fourth-order valence-electron chi connectivity index (χ4n) is 2.36. The van der Waals surface area contributed by atoms with Crippen molar-refractivity contribution in [3.63, 3.8) is 0 Å². The highest BCUT2D eigenvalue weighted by Gasteiger charge is 2.36. The summed E-state index contributed by atoms with van der Waals surface area (Å²) < 4.78 is 6.88. The number of nitrogen functional groups attached to an aromatic ring is 1. The monoisotopic (exact) mass is 341 g/mol. The first-order valence-corrected chi connectivity index (χ1v) is 7.71. The van der Waals surface area contributed by atoms with Crippen molar-refractivity contribution >= 4 is 11.8 Å². The van der Waals surface area contributed by atoms with Crippen LogP contribution in [0.3, 0.4) is 0 Å². The van der Waals surface area contributed by atoms with Crippen LogP contribution in [0.2, 0.25) is 0 Å². The molecule has 7 N–H and O–H groups in total. The molecule has 10 nitrogen and oxygen atoms in total. The number of nitrogens with zero attached hydrogens (tertiary/aromatic N) is 3. The van der Waals surface area contributed by atoms with E-state index in [-0.39, 0.29) is 18.0 Å². The first kappa shape index (κ1) is 18.3. The van der Waals surface area contributed by atoms with Gasteiger partial charge in [-0.25, -0.2) is 0 Å². The quantitative estimate of drug-likeness (QED) is 0.362. The summed E-state index contributed by atoms with van der Waals surface area (Å²) in [6.07, 6.45) is 0.370. The highest BCUT2D eigenvalue weighted by Crippen LogP contribution is 2.22. The third-order valence-electron chi connectivity index (χ3n) is 3.76. The van der Waals surface area contributed by atoms with E-state index in [2.05, 4.69) is 9.98 Å². The van der Waals surface area contributed by atoms with Crippen molar-refractivity contribution in [1.82, 2.24) is 9.55 Å². The normalized spacial score (nSPS) is 25.8. The molecule has 2 unspecified atom stereocenters. The number of carboxylic acid groups (broad SMARTS) is 1. The van der Waals surface area contributed by atoms with Gasteiger partial charge in [0.05, 0.1) is 6.61 Å². The molecule has 4 atom stereocenters. The minimum Gasteiger partial charge on any atom is -0.480 e. The predicted octanol–water partition coefficient (Wildman–Crippen LogP) is -1.80. The highest BCUT2D eigenvalue weighted by atomic mass is 16.5. The number of aromatic nitrogens is 2. The largest absolute Gasteiger partial charge is 0.480 e. The molecule has 0 spiro atoms.